The number of rotatable bonds is 15. The number of likely N-dealkylation sites (N-methyl/N-ethyl adjacent to an activating group) is 2. The minimum atomic E-state index is -1.80. The van der Waals surface area contributed by atoms with E-state index in [0.717, 1.165) is 147 Å². The Bertz CT molecular complexity index is 4110. The van der Waals surface area contributed by atoms with Gasteiger partial charge in [0.2, 0.25) is 0 Å². The molecule has 33 heteroatoms. The highest BCUT2D eigenvalue weighted by atomic mass is 20.0. The number of aromatic nitrogens is 1. The summed E-state index contributed by atoms with van der Waals surface area (Å²) in [5.41, 5.74) is 1.59. The zero-order valence-corrected chi connectivity index (χ0v) is 64.6. The van der Waals surface area contributed by atoms with Crippen molar-refractivity contribution in [1.29, 1.82) is 0 Å². The van der Waals surface area contributed by atoms with Crippen LogP contribution in [0.3, 0.4) is 0 Å². The fraction of sp³-hybridized carbons (Fsp3) is 0.613. The summed E-state index contributed by atoms with van der Waals surface area (Å²) in [7, 11) is 8.77. The number of fused-ring (bicyclic) bond motifs is 7. The minimum absolute atomic E-state index is 0. The average molecular weight is 1610 g/mol. The topological polar surface area (TPSA) is 246 Å². The maximum absolute atomic E-state index is 15.4. The van der Waals surface area contributed by atoms with Crippen LogP contribution < -0.4 is 29.9 Å². The molecule has 1 aromatic heterocycles. The number of alkyl carbamates (subject to hydrolysis) is 2. The molecule has 2 spiro atoms. The van der Waals surface area contributed by atoms with E-state index in [-0.39, 0.29) is 61.4 Å². The number of amides is 2. The molecule has 9 heterocycles. The van der Waals surface area contributed by atoms with E-state index >= 15 is 4.79 Å². The van der Waals surface area contributed by atoms with Crippen molar-refractivity contribution in [3.05, 3.63) is 118 Å². The Kier molecular flexibility index (Phi) is 29.2. The smallest absolute Gasteiger partial charge is 0.407 e. The van der Waals surface area contributed by atoms with Crippen molar-refractivity contribution in [3.8, 4) is 11.5 Å². The molecule has 4 aromatic rings. The number of aromatic amines is 1. The highest BCUT2D eigenvalue weighted by molar-refractivity contribution is 5.94. The number of carbonyl (C=O) groups is 5. The number of hydrogen-bond acceptors (Lipinski definition) is 19. The second kappa shape index (κ2) is 36.6. The van der Waals surface area contributed by atoms with E-state index in [1.165, 1.54) is 32.1 Å². The molecule has 5 N–H and O–H groups in total. The number of halogens is 11. The van der Waals surface area contributed by atoms with Gasteiger partial charge in [-0.3, -0.25) is 33.8 Å². The maximum Gasteiger partial charge on any atom is 0.407 e. The minimum Gasteiger partial charge on any atom is -0.497 e. The Hall–Kier alpha value is -8.40. The van der Waals surface area contributed by atoms with Gasteiger partial charge in [0.25, 0.3) is 0 Å². The first-order valence-electron chi connectivity index (χ1n) is 37.8. The molecule has 15 atom stereocenters. The average Bonchev–Trinajstić information content (AvgIpc) is 1.50. The van der Waals surface area contributed by atoms with Gasteiger partial charge in [0.15, 0.2) is 0 Å². The monoisotopic (exact) mass is 1610 g/mol. The molecular weight excluding hydrogens is 1510 g/mol. The predicted molar refractivity (Wildman–Crippen MR) is 401 cm³/mol. The fourth-order valence-electron chi connectivity index (χ4n) is 22.4. The zero-order chi connectivity index (χ0) is 80.9. The molecule has 2 bridgehead atoms. The Balaban J connectivity index is 0.000000274. The molecule has 12 aliphatic rings. The molecule has 0 radical (unpaired) electrons. The summed E-state index contributed by atoms with van der Waals surface area (Å²) in [6.07, 6.45) is 18.0. The molecule has 8 aliphatic heterocycles. The van der Waals surface area contributed by atoms with Crippen molar-refractivity contribution in [1.82, 2.24) is 30.3 Å². The Morgan fingerprint density at radius 3 is 1.58 bits per heavy atom. The number of methoxy groups -OCH3 is 3. The second-order valence-electron chi connectivity index (χ2n) is 31.2. The summed E-state index contributed by atoms with van der Waals surface area (Å²) in [6.45, 7) is 14.6. The lowest BCUT2D eigenvalue weighted by atomic mass is 9.47. The van der Waals surface area contributed by atoms with Crippen LogP contribution in [0.4, 0.5) is 71.4 Å². The van der Waals surface area contributed by atoms with Gasteiger partial charge in [-0.1, -0.05) is 88.4 Å². The number of ether oxygens (including phenoxy) is 7. The first-order valence-corrected chi connectivity index (χ1v) is 37.8. The second-order valence-corrected chi connectivity index (χ2v) is 31.2. The fourth-order valence-corrected chi connectivity index (χ4v) is 22.4. The predicted octanol–water partition coefficient (Wildman–Crippen LogP) is 13.6. The molecule has 1 unspecified atom stereocenters. The standard InChI is InChI=1S/C50H63N5O8.C29H39N3O6.CH4.5F2.FH/c1-7-31-23-32-26-49(45(57)61-6,41-35(17-21-54(27-31)28-32)34-15-9-10-16-38(34)52-41)37-24-36-39(25-40(37)60-5)53(4)43-48(36)19-22-55-20-12-18-47(8-2,42(48)55)44(62-30(3)56)50(43,59)29-51-46(58)63-33-13-11-14-33;1-5-27-12-7-14-32-15-13-28(23(27)32)21-11-10-20(36-4)16-22(21)31(3)24(28)29(35,25(27)37-18(2)33)17-30-26(34)38-19-8-6-9-19;;5*1-2;/h9-10,12,15-16,18,23-25,32-33,42-44,52,59H,7-8,11,13-14,17,19-22,26-29H2,1-6H3,(H,51,58);7,10-12,16,19,23-25,35H,5-6,8-9,13-15,17H2,1-4H3,(H,30,34);1H4;;;;;;1H/t32-,42-,43+,44+,47+,48+,49-,50-;23-,24+,25+,27+,28+,29-;;;;;;;/m00......./s1. The Morgan fingerprint density at radius 2 is 1.12 bits per heavy atom. The van der Waals surface area contributed by atoms with Crippen LogP contribution in [0.1, 0.15) is 147 Å². The van der Waals surface area contributed by atoms with E-state index in [9.17, 15) is 29.4 Å². The van der Waals surface area contributed by atoms with Gasteiger partial charge in [-0.15, -0.1) is 0 Å². The van der Waals surface area contributed by atoms with Gasteiger partial charge in [-0.2, -0.15) is 0 Å². The molecule has 16 rings (SSSR count). The normalized spacial score (nSPS) is 31.8. The number of H-pyrrole nitrogens is 1. The van der Waals surface area contributed by atoms with Gasteiger partial charge in [0, 0.05) is 186 Å². The third kappa shape index (κ3) is 14.5. The van der Waals surface area contributed by atoms with Crippen LogP contribution in [0, 0.1) is 16.7 Å². The highest BCUT2D eigenvalue weighted by Gasteiger charge is 2.80. The number of nitrogens with zero attached hydrogens (tertiary/aromatic N) is 5. The molecule has 113 heavy (non-hydrogen) atoms. The van der Waals surface area contributed by atoms with E-state index in [4.69, 9.17) is 78.9 Å². The summed E-state index contributed by atoms with van der Waals surface area (Å²) >= 11 is 0. The van der Waals surface area contributed by atoms with Crippen LogP contribution in [0.15, 0.2) is 90.6 Å². The molecule has 4 aliphatic carbocycles. The van der Waals surface area contributed by atoms with Crippen molar-refractivity contribution >= 4 is 52.4 Å². The van der Waals surface area contributed by atoms with E-state index in [1.807, 2.05) is 38.4 Å². The molecule has 6 fully saturated rings. The molecule has 4 saturated carbocycles. The maximum atomic E-state index is 15.4. The summed E-state index contributed by atoms with van der Waals surface area (Å²) in [6, 6.07) is 17.4. The van der Waals surface area contributed by atoms with Gasteiger partial charge in [-0.25, -0.2) is 9.59 Å². The number of nitrogens with one attached hydrogen (secondary N) is 3. The summed E-state index contributed by atoms with van der Waals surface area (Å²) in [5.74, 6) is 0.00409. The quantitative estimate of drug-likeness (QED) is 0.0321. The van der Waals surface area contributed by atoms with Gasteiger partial charge in [0.05, 0.1) is 46.5 Å². The van der Waals surface area contributed by atoms with Gasteiger partial charge in [0.1, 0.15) is 52.5 Å². The first kappa shape index (κ1) is 90.1. The number of anilines is 2. The molecular formula is C80H107F11N8O14. The SMILES string of the molecule is C.CCC1=C[C@@H]2CN(CCc3c([nH]c4ccccc34)[C@@](C(=O)OC)(c3cc4c(cc3OC)N(C)[C@H]3[C@@](O)(CNC(=O)OC5CCC5)[C@H](OC(C)=O)[C@]5(CC)C=CCN6CC[C@]43[C@@H]65)C2)C1.CC[C@]12C=CCN3CC[C@@]4(c5ccc(OC)cc5N(C)[C@H]4[C@@](O)(CNC(=O)OC4CCC4)[C@@H]1OC(C)=O)[C@@H]32.F.FF.FF.FF.FF.FF. The molecule has 3 aromatic carbocycles. The molecule has 2 saturated heterocycles. The zero-order valence-electron chi connectivity index (χ0n) is 64.6. The number of hydrogen-bond donors (Lipinski definition) is 5. The van der Waals surface area contributed by atoms with E-state index in [0.29, 0.717) is 38.0 Å². The number of esters is 3. The van der Waals surface area contributed by atoms with Crippen molar-refractivity contribution < 1.29 is 118 Å². The third-order valence-corrected chi connectivity index (χ3v) is 26.6. The molecule has 628 valence electrons. The number of carbonyl (C=O) groups excluding carboxylic acids is 5. The largest absolute Gasteiger partial charge is 0.497 e. The molecule has 22 nitrogen and oxygen atoms in total. The van der Waals surface area contributed by atoms with E-state index in [1.54, 1.807) is 14.2 Å². The van der Waals surface area contributed by atoms with Gasteiger partial charge < -0.3 is 68.8 Å². The van der Waals surface area contributed by atoms with Crippen molar-refractivity contribution in [2.45, 2.75) is 202 Å². The van der Waals surface area contributed by atoms with Crippen LogP contribution in [0.5, 0.6) is 11.5 Å². The summed E-state index contributed by atoms with van der Waals surface area (Å²) in [5, 5.41) is 33.7. The van der Waals surface area contributed by atoms with Crippen LogP contribution in [0.25, 0.3) is 10.9 Å². The third-order valence-electron chi connectivity index (χ3n) is 26.6. The summed E-state index contributed by atoms with van der Waals surface area (Å²) in [4.78, 5) is 83.1. The lowest BCUT2D eigenvalue weighted by molar-refractivity contribution is -0.217. The van der Waals surface area contributed by atoms with Crippen LogP contribution in [-0.2, 0) is 60.7 Å². The first-order chi connectivity index (χ1) is 53.6. The van der Waals surface area contributed by atoms with Crippen LogP contribution in [-0.4, -0.2) is 214 Å². The number of aliphatic hydroxyl groups is 2. The van der Waals surface area contributed by atoms with Gasteiger partial charge >= 0.3 is 30.1 Å². The number of benzene rings is 3. The van der Waals surface area contributed by atoms with Crippen LogP contribution >= 0.6 is 0 Å². The highest BCUT2D eigenvalue weighted by Crippen LogP contribution is 2.70. The van der Waals surface area contributed by atoms with Crippen molar-refractivity contribution in [2.24, 2.45) is 16.7 Å². The molecule has 2 amide bonds. The van der Waals surface area contributed by atoms with E-state index in [2.05, 4.69) is 122 Å². The number of para-hydroxylation sites is 1. The Morgan fingerprint density at radius 1 is 0.619 bits per heavy atom. The van der Waals surface area contributed by atoms with Gasteiger partial charge in [-0.05, 0) is 137 Å². The lowest BCUT2D eigenvalue weighted by Gasteiger charge is -2.64. The van der Waals surface area contributed by atoms with E-state index < -0.39 is 86.7 Å². The van der Waals surface area contributed by atoms with Crippen molar-refractivity contribution in [3.63, 3.8) is 0 Å². The summed E-state index contributed by atoms with van der Waals surface area (Å²) < 4.78 is 122. The Labute approximate surface area is 650 Å². The van der Waals surface area contributed by atoms with Crippen molar-refractivity contribution in [2.75, 3.05) is 104 Å². The lowest BCUT2D eigenvalue weighted by Crippen LogP contribution is -2.81. The van der Waals surface area contributed by atoms with Crippen LogP contribution in [0.2, 0.25) is 0 Å².